The highest BCUT2D eigenvalue weighted by atomic mass is 32.1. The van der Waals surface area contributed by atoms with Gasteiger partial charge in [0.1, 0.15) is 0 Å². The topological polar surface area (TPSA) is 66.4 Å². The molecule has 3 aliphatic heterocycles. The van der Waals surface area contributed by atoms with Crippen LogP contribution in [0.1, 0.15) is 41.5 Å². The Morgan fingerprint density at radius 1 is 1.27 bits per heavy atom. The molecule has 0 spiro atoms. The molecule has 2 aromatic heterocycles. The fourth-order valence-electron chi connectivity index (χ4n) is 3.89. The number of thiazole rings is 1. The van der Waals surface area contributed by atoms with Gasteiger partial charge in [-0.1, -0.05) is 6.92 Å². The first kappa shape index (κ1) is 17.1. The Morgan fingerprint density at radius 3 is 2.92 bits per heavy atom. The molecule has 5 rings (SSSR count). The molecule has 3 fully saturated rings. The summed E-state index contributed by atoms with van der Waals surface area (Å²) in [5.41, 5.74) is 4.29. The van der Waals surface area contributed by atoms with Crippen molar-refractivity contribution in [1.29, 1.82) is 0 Å². The number of carbonyl (C=O) groups excluding carboxylic acids is 2. The summed E-state index contributed by atoms with van der Waals surface area (Å²) >= 11 is 1.54. The van der Waals surface area contributed by atoms with Gasteiger partial charge in [-0.05, 0) is 31.4 Å². The molecule has 0 radical (unpaired) electrons. The minimum absolute atomic E-state index is 0.00214. The van der Waals surface area contributed by atoms with E-state index in [9.17, 15) is 9.59 Å². The van der Waals surface area contributed by atoms with Gasteiger partial charge in [0.15, 0.2) is 0 Å². The average Bonchev–Trinajstić information content (AvgIpc) is 3.04. The fourth-order valence-corrected chi connectivity index (χ4v) is 4.44. The van der Waals surface area contributed by atoms with Crippen molar-refractivity contribution in [3.63, 3.8) is 0 Å². The fraction of sp³-hybridized carbons (Fsp3) is 0.474. The average molecular weight is 370 g/mol. The van der Waals surface area contributed by atoms with Crippen molar-refractivity contribution in [3.8, 4) is 0 Å². The lowest BCUT2D eigenvalue weighted by Crippen LogP contribution is -2.47. The van der Waals surface area contributed by atoms with Gasteiger partial charge in [-0.3, -0.25) is 14.6 Å². The zero-order valence-electron chi connectivity index (χ0n) is 14.8. The molecule has 5 heterocycles. The molecular weight excluding hydrogens is 348 g/mol. The Hall–Kier alpha value is -2.28. The zero-order valence-corrected chi connectivity index (χ0v) is 15.6. The van der Waals surface area contributed by atoms with E-state index in [0.717, 1.165) is 30.7 Å². The van der Waals surface area contributed by atoms with E-state index < -0.39 is 0 Å². The lowest BCUT2D eigenvalue weighted by Gasteiger charge is -2.35. The van der Waals surface area contributed by atoms with Gasteiger partial charge in [0.2, 0.25) is 5.91 Å². The van der Waals surface area contributed by atoms with Crippen LogP contribution in [0.4, 0.5) is 0 Å². The van der Waals surface area contributed by atoms with Crippen molar-refractivity contribution in [2.75, 3.05) is 13.1 Å². The van der Waals surface area contributed by atoms with Crippen LogP contribution in [0.3, 0.4) is 0 Å². The summed E-state index contributed by atoms with van der Waals surface area (Å²) in [5, 5.41) is 1.98. The van der Waals surface area contributed by atoms with Crippen molar-refractivity contribution < 1.29 is 9.59 Å². The van der Waals surface area contributed by atoms with E-state index in [4.69, 9.17) is 0 Å². The number of pyridine rings is 1. The summed E-state index contributed by atoms with van der Waals surface area (Å²) in [6, 6.07) is 3.70. The van der Waals surface area contributed by atoms with E-state index in [2.05, 4.69) is 9.97 Å². The van der Waals surface area contributed by atoms with E-state index in [1.165, 1.54) is 0 Å². The number of carbonyl (C=O) groups is 2. The van der Waals surface area contributed by atoms with E-state index in [-0.39, 0.29) is 23.8 Å². The van der Waals surface area contributed by atoms with Crippen LogP contribution in [0, 0.1) is 5.92 Å². The maximum Gasteiger partial charge on any atom is 0.254 e. The van der Waals surface area contributed by atoms with E-state index in [0.29, 0.717) is 25.2 Å². The van der Waals surface area contributed by atoms with Gasteiger partial charge in [-0.2, -0.15) is 0 Å². The summed E-state index contributed by atoms with van der Waals surface area (Å²) in [6.45, 7) is 3.67. The largest absolute Gasteiger partial charge is 0.336 e. The number of aromatic nitrogens is 2. The lowest BCUT2D eigenvalue weighted by atomic mass is 9.94. The number of rotatable bonds is 4. The van der Waals surface area contributed by atoms with Crippen LogP contribution in [0.25, 0.3) is 0 Å². The molecule has 0 unspecified atom stereocenters. The molecule has 3 aliphatic rings. The Balaban J connectivity index is 1.55. The van der Waals surface area contributed by atoms with Crippen molar-refractivity contribution >= 4 is 23.2 Å². The molecule has 0 aliphatic carbocycles. The molecule has 2 atom stereocenters. The Labute approximate surface area is 156 Å². The number of piperidine rings is 1. The number of aryl methyl sites for hydroxylation is 1. The SMILES string of the molecule is CCc1cc(C(=O)N2C[C@H]3CC[C@@H](C2)N(Cc2cscn2)C3=O)ccn1. The second-order valence-electron chi connectivity index (χ2n) is 6.97. The third-order valence-electron chi connectivity index (χ3n) is 5.32. The highest BCUT2D eigenvalue weighted by Crippen LogP contribution is 2.31. The summed E-state index contributed by atoms with van der Waals surface area (Å²) in [6.07, 6.45) is 4.29. The molecule has 3 saturated heterocycles. The van der Waals surface area contributed by atoms with Crippen molar-refractivity contribution in [2.24, 2.45) is 5.92 Å². The standard InChI is InChI=1S/C19H22N4O2S/c1-2-15-7-13(5-6-20-15)18(24)22-8-14-3-4-17(10-22)23(19(14)25)9-16-11-26-12-21-16/h5-7,11-12,14,17H,2-4,8-10H2,1H3/t14-,17+/m1/s1. The smallest absolute Gasteiger partial charge is 0.254 e. The summed E-state index contributed by atoms with van der Waals surface area (Å²) in [7, 11) is 0. The third-order valence-corrected chi connectivity index (χ3v) is 5.96. The maximum absolute atomic E-state index is 13.0. The third kappa shape index (κ3) is 3.23. The van der Waals surface area contributed by atoms with Gasteiger partial charge >= 0.3 is 0 Å². The van der Waals surface area contributed by atoms with Crippen LogP contribution in [0.5, 0.6) is 0 Å². The van der Waals surface area contributed by atoms with Gasteiger partial charge in [0, 0.05) is 42.0 Å². The van der Waals surface area contributed by atoms with Crippen LogP contribution in [0.2, 0.25) is 0 Å². The quantitative estimate of drug-likeness (QED) is 0.829. The van der Waals surface area contributed by atoms with Crippen molar-refractivity contribution in [3.05, 3.63) is 46.2 Å². The van der Waals surface area contributed by atoms with E-state index >= 15 is 0 Å². The second-order valence-corrected chi connectivity index (χ2v) is 7.69. The molecule has 0 aromatic carbocycles. The highest BCUT2D eigenvalue weighted by Gasteiger charge is 2.42. The Morgan fingerprint density at radius 2 is 2.15 bits per heavy atom. The van der Waals surface area contributed by atoms with Gasteiger partial charge < -0.3 is 9.80 Å². The molecule has 7 heteroatoms. The molecule has 6 nitrogen and oxygen atoms in total. The lowest BCUT2D eigenvalue weighted by molar-refractivity contribution is -0.140. The molecule has 2 aromatic rings. The Kier molecular flexibility index (Phi) is 4.72. The van der Waals surface area contributed by atoms with E-state index in [1.54, 1.807) is 29.1 Å². The number of nitrogens with zero attached hydrogens (tertiary/aromatic N) is 4. The predicted molar refractivity (Wildman–Crippen MR) is 98.7 cm³/mol. The molecule has 0 N–H and O–H groups in total. The maximum atomic E-state index is 13.0. The van der Waals surface area contributed by atoms with Crippen molar-refractivity contribution in [2.45, 2.75) is 38.8 Å². The Bertz CT molecular complexity index is 808. The molecule has 136 valence electrons. The minimum atomic E-state index is -0.108. The summed E-state index contributed by atoms with van der Waals surface area (Å²) < 4.78 is 0. The van der Waals surface area contributed by atoms with Gasteiger partial charge in [0.05, 0.1) is 23.7 Å². The minimum Gasteiger partial charge on any atom is -0.336 e. The van der Waals surface area contributed by atoms with Crippen LogP contribution >= 0.6 is 11.3 Å². The monoisotopic (exact) mass is 370 g/mol. The van der Waals surface area contributed by atoms with Gasteiger partial charge in [-0.15, -0.1) is 11.3 Å². The molecule has 2 bridgehead atoms. The van der Waals surface area contributed by atoms with Crippen molar-refractivity contribution in [1.82, 2.24) is 19.8 Å². The van der Waals surface area contributed by atoms with Crippen LogP contribution < -0.4 is 0 Å². The molecule has 26 heavy (non-hydrogen) atoms. The highest BCUT2D eigenvalue weighted by molar-refractivity contribution is 7.07. The zero-order chi connectivity index (χ0) is 18.1. The number of amides is 2. The van der Waals surface area contributed by atoms with Crippen LogP contribution in [-0.2, 0) is 17.8 Å². The second kappa shape index (κ2) is 7.15. The number of fused-ring (bicyclic) bond motifs is 4. The first-order valence-corrected chi connectivity index (χ1v) is 10.0. The number of hydrogen-bond acceptors (Lipinski definition) is 5. The molecular formula is C19H22N4O2S. The van der Waals surface area contributed by atoms with Crippen LogP contribution in [0.15, 0.2) is 29.2 Å². The number of hydrogen-bond donors (Lipinski definition) is 0. The predicted octanol–water partition coefficient (Wildman–Crippen LogP) is 2.36. The van der Waals surface area contributed by atoms with Gasteiger partial charge in [0.25, 0.3) is 5.91 Å². The van der Waals surface area contributed by atoms with E-state index in [1.807, 2.05) is 28.2 Å². The first-order valence-electron chi connectivity index (χ1n) is 9.07. The summed E-state index contributed by atoms with van der Waals surface area (Å²) in [5.74, 6) is 0.0552. The summed E-state index contributed by atoms with van der Waals surface area (Å²) in [4.78, 5) is 38.3. The molecule has 2 amide bonds. The van der Waals surface area contributed by atoms with Gasteiger partial charge in [-0.25, -0.2) is 4.98 Å². The molecule has 0 saturated carbocycles. The first-order chi connectivity index (χ1) is 12.7. The normalized spacial score (nSPS) is 22.6. The van der Waals surface area contributed by atoms with Crippen LogP contribution in [-0.4, -0.2) is 50.7 Å².